The number of carbonyl (C=O) groups excluding carboxylic acids is 1. The van der Waals surface area contributed by atoms with Crippen LogP contribution in [0.4, 0.5) is 11.4 Å². The number of aromatic nitrogens is 2. The molecule has 1 amide bonds. The summed E-state index contributed by atoms with van der Waals surface area (Å²) in [6.07, 6.45) is 3.40. The number of anilines is 1. The summed E-state index contributed by atoms with van der Waals surface area (Å²) in [5.74, 6) is -0.0835. The fraction of sp³-hybridized carbons (Fsp3) is 0.280. The van der Waals surface area contributed by atoms with Gasteiger partial charge in [0.15, 0.2) is 0 Å². The Balaban J connectivity index is 1.41. The molecule has 8 nitrogen and oxygen atoms in total. The summed E-state index contributed by atoms with van der Waals surface area (Å²) in [7, 11) is 0. The fourth-order valence-electron chi connectivity index (χ4n) is 4.21. The van der Waals surface area contributed by atoms with Crippen LogP contribution in [0.5, 0.6) is 0 Å². The van der Waals surface area contributed by atoms with Crippen molar-refractivity contribution in [1.29, 1.82) is 0 Å². The fourth-order valence-corrected chi connectivity index (χ4v) is 4.40. The van der Waals surface area contributed by atoms with Crippen LogP contribution < -0.4 is 4.90 Å². The van der Waals surface area contributed by atoms with Gasteiger partial charge in [-0.1, -0.05) is 41.9 Å². The second kappa shape index (κ2) is 10.1. The Hall–Kier alpha value is -3.65. The number of piperazine rings is 1. The zero-order valence-corrected chi connectivity index (χ0v) is 19.9. The maximum absolute atomic E-state index is 12.8. The zero-order chi connectivity index (χ0) is 24.2. The summed E-state index contributed by atoms with van der Waals surface area (Å²) >= 11 is 6.29. The summed E-state index contributed by atoms with van der Waals surface area (Å²) in [5, 5.41) is 16.6. The zero-order valence-electron chi connectivity index (χ0n) is 19.1. The van der Waals surface area contributed by atoms with E-state index in [1.165, 1.54) is 6.07 Å². The van der Waals surface area contributed by atoms with Crippen LogP contribution in [0.2, 0.25) is 5.02 Å². The highest BCUT2D eigenvalue weighted by Crippen LogP contribution is 2.28. The van der Waals surface area contributed by atoms with E-state index >= 15 is 0 Å². The van der Waals surface area contributed by atoms with E-state index in [9.17, 15) is 14.9 Å². The molecule has 0 saturated carbocycles. The lowest BCUT2D eigenvalue weighted by Crippen LogP contribution is -2.48. The predicted molar refractivity (Wildman–Crippen MR) is 133 cm³/mol. The van der Waals surface area contributed by atoms with Crippen LogP contribution in [0.3, 0.4) is 0 Å². The minimum Gasteiger partial charge on any atom is -0.362 e. The molecule has 2 heterocycles. The Labute approximate surface area is 203 Å². The third-order valence-corrected chi connectivity index (χ3v) is 6.49. The van der Waals surface area contributed by atoms with Gasteiger partial charge in [-0.15, -0.1) is 0 Å². The molecule has 2 aromatic carbocycles. The normalized spacial score (nSPS) is 14.1. The molecule has 0 bridgehead atoms. The summed E-state index contributed by atoms with van der Waals surface area (Å²) in [6, 6.07) is 14.4. The van der Waals surface area contributed by atoms with Gasteiger partial charge in [0.05, 0.1) is 17.2 Å². The predicted octanol–water partition coefficient (Wildman–Crippen LogP) is 4.47. The highest BCUT2D eigenvalue weighted by molar-refractivity contribution is 6.31. The molecule has 1 aliphatic rings. The van der Waals surface area contributed by atoms with Gasteiger partial charge in [0.2, 0.25) is 5.91 Å². The van der Waals surface area contributed by atoms with Crippen LogP contribution in [0.1, 0.15) is 22.5 Å². The summed E-state index contributed by atoms with van der Waals surface area (Å²) in [5.41, 5.74) is 4.38. The molecule has 1 aliphatic heterocycles. The van der Waals surface area contributed by atoms with Crippen molar-refractivity contribution in [3.8, 4) is 0 Å². The van der Waals surface area contributed by atoms with Gasteiger partial charge >= 0.3 is 0 Å². The van der Waals surface area contributed by atoms with Gasteiger partial charge < -0.3 is 9.80 Å². The van der Waals surface area contributed by atoms with E-state index in [1.54, 1.807) is 29.2 Å². The second-order valence-electron chi connectivity index (χ2n) is 8.23. The Bertz CT molecular complexity index is 1250. The van der Waals surface area contributed by atoms with Crippen LogP contribution in [-0.4, -0.2) is 51.7 Å². The van der Waals surface area contributed by atoms with Crippen LogP contribution >= 0.6 is 11.6 Å². The van der Waals surface area contributed by atoms with Crippen molar-refractivity contribution in [3.63, 3.8) is 0 Å². The first-order valence-corrected chi connectivity index (χ1v) is 11.5. The third kappa shape index (κ3) is 4.97. The standard InChI is InChI=1S/C25H26ClN5O3/c1-18-21(19(2)30(27-18)17-20-7-3-4-8-22(20)26)11-12-25(32)29-15-13-28(14-16-29)23-9-5-6-10-24(23)31(33)34/h3-12H,13-17H2,1-2H3/b12-11+. The van der Waals surface area contributed by atoms with Crippen LogP contribution in [0, 0.1) is 24.0 Å². The smallest absolute Gasteiger partial charge is 0.292 e. The molecular weight excluding hydrogens is 454 g/mol. The van der Waals surface area contributed by atoms with E-state index in [1.807, 2.05) is 53.8 Å². The highest BCUT2D eigenvalue weighted by atomic mass is 35.5. The number of nitro groups is 1. The second-order valence-corrected chi connectivity index (χ2v) is 8.63. The summed E-state index contributed by atoms with van der Waals surface area (Å²) < 4.78 is 1.90. The summed E-state index contributed by atoms with van der Waals surface area (Å²) in [4.78, 5) is 27.5. The van der Waals surface area contributed by atoms with Gasteiger partial charge in [0.1, 0.15) is 5.69 Å². The van der Waals surface area contributed by atoms with Gasteiger partial charge in [-0.2, -0.15) is 5.10 Å². The number of nitro benzene ring substituents is 1. The van der Waals surface area contributed by atoms with Crippen molar-refractivity contribution in [2.75, 3.05) is 31.1 Å². The number of nitrogens with zero attached hydrogens (tertiary/aromatic N) is 5. The molecular formula is C25H26ClN5O3. The van der Waals surface area contributed by atoms with Crippen molar-refractivity contribution < 1.29 is 9.72 Å². The number of hydrogen-bond acceptors (Lipinski definition) is 5. The summed E-state index contributed by atoms with van der Waals surface area (Å²) in [6.45, 7) is 6.54. The van der Waals surface area contributed by atoms with Crippen molar-refractivity contribution in [1.82, 2.24) is 14.7 Å². The number of para-hydroxylation sites is 2. The van der Waals surface area contributed by atoms with Crippen molar-refractivity contribution in [3.05, 3.63) is 92.3 Å². The molecule has 0 atom stereocenters. The minimum atomic E-state index is -0.369. The van der Waals surface area contributed by atoms with E-state index < -0.39 is 0 Å². The van der Waals surface area contributed by atoms with Gasteiger partial charge in [0, 0.05) is 54.6 Å². The van der Waals surface area contributed by atoms with Crippen LogP contribution in [0.15, 0.2) is 54.6 Å². The molecule has 1 aromatic heterocycles. The number of benzene rings is 2. The molecule has 0 spiro atoms. The topological polar surface area (TPSA) is 84.5 Å². The quantitative estimate of drug-likeness (QED) is 0.296. The Morgan fingerprint density at radius 3 is 2.47 bits per heavy atom. The average Bonchev–Trinajstić information content (AvgIpc) is 3.11. The Morgan fingerprint density at radius 1 is 1.09 bits per heavy atom. The van der Waals surface area contributed by atoms with E-state index in [2.05, 4.69) is 5.10 Å². The maximum Gasteiger partial charge on any atom is 0.292 e. The van der Waals surface area contributed by atoms with Crippen molar-refractivity contribution >= 4 is 35.0 Å². The van der Waals surface area contributed by atoms with Gasteiger partial charge in [0.25, 0.3) is 5.69 Å². The Morgan fingerprint density at radius 2 is 1.76 bits per heavy atom. The lowest BCUT2D eigenvalue weighted by molar-refractivity contribution is -0.384. The van der Waals surface area contributed by atoms with Crippen LogP contribution in [-0.2, 0) is 11.3 Å². The lowest BCUT2D eigenvalue weighted by Gasteiger charge is -2.35. The number of carbonyl (C=O) groups is 1. The monoisotopic (exact) mass is 479 g/mol. The number of amides is 1. The van der Waals surface area contributed by atoms with Gasteiger partial charge in [-0.25, -0.2) is 0 Å². The van der Waals surface area contributed by atoms with Crippen molar-refractivity contribution in [2.24, 2.45) is 0 Å². The molecule has 4 rings (SSSR count). The van der Waals surface area contributed by atoms with E-state index in [-0.39, 0.29) is 16.5 Å². The lowest BCUT2D eigenvalue weighted by atomic mass is 10.1. The van der Waals surface area contributed by atoms with E-state index in [0.29, 0.717) is 43.4 Å². The molecule has 0 aliphatic carbocycles. The molecule has 3 aromatic rings. The number of rotatable bonds is 6. The largest absolute Gasteiger partial charge is 0.362 e. The Kier molecular flexibility index (Phi) is 6.98. The highest BCUT2D eigenvalue weighted by Gasteiger charge is 2.24. The maximum atomic E-state index is 12.8. The van der Waals surface area contributed by atoms with Crippen molar-refractivity contribution in [2.45, 2.75) is 20.4 Å². The molecule has 176 valence electrons. The average molecular weight is 480 g/mol. The van der Waals surface area contributed by atoms with E-state index in [0.717, 1.165) is 22.5 Å². The first kappa shape index (κ1) is 23.5. The number of hydrogen-bond donors (Lipinski definition) is 0. The molecule has 0 unspecified atom stereocenters. The third-order valence-electron chi connectivity index (χ3n) is 6.12. The molecule has 9 heteroatoms. The molecule has 0 radical (unpaired) electrons. The first-order chi connectivity index (χ1) is 16.3. The SMILES string of the molecule is Cc1nn(Cc2ccccc2Cl)c(C)c1/C=C/C(=O)N1CCN(c2ccccc2[N+](=O)[O-])CC1. The minimum absolute atomic E-state index is 0.0835. The van der Waals surface area contributed by atoms with Gasteiger partial charge in [-0.3, -0.25) is 19.6 Å². The number of aryl methyl sites for hydroxylation is 1. The first-order valence-electron chi connectivity index (χ1n) is 11.1. The van der Waals surface area contributed by atoms with Crippen LogP contribution in [0.25, 0.3) is 6.08 Å². The molecule has 1 saturated heterocycles. The molecule has 1 fully saturated rings. The number of halogens is 1. The van der Waals surface area contributed by atoms with Gasteiger partial charge in [-0.05, 0) is 37.6 Å². The van der Waals surface area contributed by atoms with E-state index in [4.69, 9.17) is 11.6 Å². The molecule has 0 N–H and O–H groups in total. The molecule has 34 heavy (non-hydrogen) atoms.